The van der Waals surface area contributed by atoms with E-state index in [1.54, 1.807) is 6.92 Å². The molecule has 0 aliphatic carbocycles. The molecule has 1 atom stereocenters. The maximum Gasteiger partial charge on any atom is 0.191 e. The molecule has 3 heteroatoms. The van der Waals surface area contributed by atoms with E-state index in [-0.39, 0.29) is 11.6 Å². The van der Waals surface area contributed by atoms with E-state index in [0.29, 0.717) is 12.2 Å². The largest absolute Gasteiger partial charge is 0.370 e. The van der Waals surface area contributed by atoms with Gasteiger partial charge in [-0.15, -0.1) is 0 Å². The summed E-state index contributed by atoms with van der Waals surface area (Å²) in [5.74, 6) is -0.426. The molecule has 1 unspecified atom stereocenters. The van der Waals surface area contributed by atoms with Crippen molar-refractivity contribution in [1.82, 2.24) is 0 Å². The van der Waals surface area contributed by atoms with Crippen LogP contribution in [-0.4, -0.2) is 18.5 Å². The lowest BCUT2D eigenvalue weighted by atomic mass is 10.1. The van der Waals surface area contributed by atoms with Crippen LogP contribution in [0.1, 0.15) is 49.9 Å². The average molecular weight is 252 g/mol. The third-order valence-electron chi connectivity index (χ3n) is 2.86. The third kappa shape index (κ3) is 4.96. The third-order valence-corrected chi connectivity index (χ3v) is 2.86. The van der Waals surface area contributed by atoms with Crippen LogP contribution in [-0.2, 0) is 4.74 Å². The van der Waals surface area contributed by atoms with Crippen LogP contribution < -0.4 is 0 Å². The van der Waals surface area contributed by atoms with Crippen LogP contribution >= 0.6 is 0 Å². The van der Waals surface area contributed by atoms with Crippen LogP contribution in [0.15, 0.2) is 24.3 Å². The van der Waals surface area contributed by atoms with E-state index >= 15 is 0 Å². The monoisotopic (exact) mass is 252 g/mol. The number of carbonyl (C=O) groups is 1. The summed E-state index contributed by atoms with van der Waals surface area (Å²) < 4.78 is 18.2. The van der Waals surface area contributed by atoms with E-state index in [9.17, 15) is 9.18 Å². The Kier molecular flexibility index (Phi) is 6.58. The molecule has 0 heterocycles. The highest BCUT2D eigenvalue weighted by Gasteiger charge is 2.15. The zero-order chi connectivity index (χ0) is 13.4. The van der Waals surface area contributed by atoms with Crippen molar-refractivity contribution in [3.63, 3.8) is 0 Å². The second-order valence-corrected chi connectivity index (χ2v) is 4.44. The molecular weight excluding hydrogens is 231 g/mol. The van der Waals surface area contributed by atoms with Crippen molar-refractivity contribution in [2.75, 3.05) is 6.61 Å². The van der Waals surface area contributed by atoms with E-state index in [0.717, 1.165) is 12.8 Å². The van der Waals surface area contributed by atoms with Gasteiger partial charge in [0.1, 0.15) is 11.9 Å². The van der Waals surface area contributed by atoms with Crippen LogP contribution in [0.4, 0.5) is 4.39 Å². The first-order valence-corrected chi connectivity index (χ1v) is 6.56. The second kappa shape index (κ2) is 7.98. The van der Waals surface area contributed by atoms with Crippen LogP contribution in [0.3, 0.4) is 0 Å². The maximum atomic E-state index is 12.7. The molecule has 1 aromatic carbocycles. The van der Waals surface area contributed by atoms with Crippen LogP contribution in [0, 0.1) is 5.82 Å². The molecule has 0 fully saturated rings. The first-order chi connectivity index (χ1) is 8.65. The van der Waals surface area contributed by atoms with Gasteiger partial charge in [-0.05, 0) is 37.6 Å². The summed E-state index contributed by atoms with van der Waals surface area (Å²) in [6, 6.07) is 5.58. The molecule has 0 N–H and O–H groups in total. The Labute approximate surface area is 108 Å². The van der Waals surface area contributed by atoms with Crippen LogP contribution in [0.5, 0.6) is 0 Å². The number of carbonyl (C=O) groups excluding carboxylic acids is 1. The Hall–Kier alpha value is -1.22. The normalized spacial score (nSPS) is 12.4. The molecule has 0 amide bonds. The number of Topliss-reactive ketones (excluding diaryl/α,β-unsaturated/α-hetero) is 1. The Balaban J connectivity index is 2.34. The van der Waals surface area contributed by atoms with Gasteiger partial charge in [0.15, 0.2) is 5.78 Å². The summed E-state index contributed by atoms with van der Waals surface area (Å²) >= 11 is 0. The van der Waals surface area contributed by atoms with Gasteiger partial charge < -0.3 is 4.74 Å². The highest BCUT2D eigenvalue weighted by molar-refractivity contribution is 5.99. The van der Waals surface area contributed by atoms with Crippen molar-refractivity contribution in [1.29, 1.82) is 0 Å². The van der Waals surface area contributed by atoms with Crippen molar-refractivity contribution in [3.8, 4) is 0 Å². The Morgan fingerprint density at radius 3 is 2.50 bits per heavy atom. The van der Waals surface area contributed by atoms with Gasteiger partial charge >= 0.3 is 0 Å². The standard InChI is InChI=1S/C15H21FO2/c1-3-4-5-6-11-18-12(2)15(17)13-7-9-14(16)10-8-13/h7-10,12H,3-6,11H2,1-2H3. The van der Waals surface area contributed by atoms with Gasteiger partial charge in [0.05, 0.1) is 0 Å². The molecule has 0 aliphatic rings. The van der Waals surface area contributed by atoms with Crippen molar-refractivity contribution in [2.24, 2.45) is 0 Å². The number of hydrogen-bond donors (Lipinski definition) is 0. The number of rotatable bonds is 8. The minimum absolute atomic E-state index is 0.0921. The number of benzene rings is 1. The van der Waals surface area contributed by atoms with Gasteiger partial charge in [0, 0.05) is 12.2 Å². The van der Waals surface area contributed by atoms with E-state index < -0.39 is 6.10 Å². The maximum absolute atomic E-state index is 12.7. The molecule has 0 saturated carbocycles. The Bertz CT molecular complexity index is 359. The van der Waals surface area contributed by atoms with Crippen LogP contribution in [0.2, 0.25) is 0 Å². The number of hydrogen-bond acceptors (Lipinski definition) is 2. The second-order valence-electron chi connectivity index (χ2n) is 4.44. The fraction of sp³-hybridized carbons (Fsp3) is 0.533. The van der Waals surface area contributed by atoms with Gasteiger partial charge in [-0.3, -0.25) is 4.79 Å². The molecule has 2 nitrogen and oxygen atoms in total. The lowest BCUT2D eigenvalue weighted by Gasteiger charge is -2.12. The summed E-state index contributed by atoms with van der Waals surface area (Å²) in [5, 5.41) is 0. The average Bonchev–Trinajstić information content (AvgIpc) is 2.38. The van der Waals surface area contributed by atoms with Gasteiger partial charge in [-0.2, -0.15) is 0 Å². The van der Waals surface area contributed by atoms with Crippen molar-refractivity contribution < 1.29 is 13.9 Å². The molecule has 1 aromatic rings. The molecule has 0 radical (unpaired) electrons. The van der Waals surface area contributed by atoms with Gasteiger partial charge in [-0.1, -0.05) is 26.2 Å². The summed E-state index contributed by atoms with van der Waals surface area (Å²) in [7, 11) is 0. The SMILES string of the molecule is CCCCCCOC(C)C(=O)c1ccc(F)cc1. The molecule has 100 valence electrons. The van der Waals surface area contributed by atoms with Crippen molar-refractivity contribution >= 4 is 5.78 Å². The molecule has 0 bridgehead atoms. The lowest BCUT2D eigenvalue weighted by molar-refractivity contribution is 0.0464. The van der Waals surface area contributed by atoms with Gasteiger partial charge in [-0.25, -0.2) is 4.39 Å². The fourth-order valence-corrected chi connectivity index (χ4v) is 1.71. The summed E-state index contributed by atoms with van der Waals surface area (Å²) in [6.45, 7) is 4.50. The number of ether oxygens (including phenoxy) is 1. The number of unbranched alkanes of at least 4 members (excludes halogenated alkanes) is 3. The van der Waals surface area contributed by atoms with E-state index in [1.165, 1.54) is 37.1 Å². The summed E-state index contributed by atoms with van der Waals surface area (Å²) in [6.07, 6.45) is 4.04. The zero-order valence-electron chi connectivity index (χ0n) is 11.1. The Morgan fingerprint density at radius 1 is 1.22 bits per heavy atom. The molecule has 0 aromatic heterocycles. The highest BCUT2D eigenvalue weighted by atomic mass is 19.1. The molecule has 1 rings (SSSR count). The van der Waals surface area contributed by atoms with E-state index in [1.807, 2.05) is 0 Å². The molecular formula is C15H21FO2. The smallest absolute Gasteiger partial charge is 0.191 e. The predicted molar refractivity (Wildman–Crippen MR) is 70.3 cm³/mol. The first-order valence-electron chi connectivity index (χ1n) is 6.56. The predicted octanol–water partition coefficient (Wildman–Crippen LogP) is 3.99. The van der Waals surface area contributed by atoms with Gasteiger partial charge in [0.25, 0.3) is 0 Å². The molecule has 0 spiro atoms. The first kappa shape index (κ1) is 14.8. The fourth-order valence-electron chi connectivity index (χ4n) is 1.71. The van der Waals surface area contributed by atoms with Crippen molar-refractivity contribution in [3.05, 3.63) is 35.6 Å². The number of ketones is 1. The molecule has 0 aliphatic heterocycles. The number of halogens is 1. The minimum Gasteiger partial charge on any atom is -0.370 e. The minimum atomic E-state index is -0.461. The summed E-state index contributed by atoms with van der Waals surface area (Å²) in [4.78, 5) is 11.9. The van der Waals surface area contributed by atoms with E-state index in [4.69, 9.17) is 4.74 Å². The highest BCUT2D eigenvalue weighted by Crippen LogP contribution is 2.09. The topological polar surface area (TPSA) is 26.3 Å². The van der Waals surface area contributed by atoms with E-state index in [2.05, 4.69) is 6.92 Å². The van der Waals surface area contributed by atoms with Crippen LogP contribution in [0.25, 0.3) is 0 Å². The quantitative estimate of drug-likeness (QED) is 0.516. The lowest BCUT2D eigenvalue weighted by Crippen LogP contribution is -2.21. The molecule has 18 heavy (non-hydrogen) atoms. The zero-order valence-corrected chi connectivity index (χ0v) is 11.1. The summed E-state index contributed by atoms with van der Waals surface area (Å²) in [5.41, 5.74) is 0.498. The Morgan fingerprint density at radius 2 is 1.89 bits per heavy atom. The van der Waals surface area contributed by atoms with Gasteiger partial charge in [0.2, 0.25) is 0 Å². The molecule has 0 saturated heterocycles. The van der Waals surface area contributed by atoms with Crippen molar-refractivity contribution in [2.45, 2.75) is 45.6 Å².